The third kappa shape index (κ3) is 5.91. The summed E-state index contributed by atoms with van der Waals surface area (Å²) >= 11 is 6.20. The van der Waals surface area contributed by atoms with Crippen molar-refractivity contribution in [2.24, 2.45) is 0 Å². The molecule has 0 heterocycles. The van der Waals surface area contributed by atoms with Gasteiger partial charge in [-0.3, -0.25) is 4.79 Å². The van der Waals surface area contributed by atoms with E-state index in [0.29, 0.717) is 23.9 Å². The van der Waals surface area contributed by atoms with E-state index in [4.69, 9.17) is 21.1 Å². The Morgan fingerprint density at radius 3 is 2.71 bits per heavy atom. The molecule has 0 aromatic heterocycles. The number of ether oxygens (including phenoxy) is 2. The van der Waals surface area contributed by atoms with Crippen LogP contribution in [-0.4, -0.2) is 51.3 Å². The van der Waals surface area contributed by atoms with Crippen molar-refractivity contribution in [3.63, 3.8) is 0 Å². The Morgan fingerprint density at radius 2 is 2.14 bits per heavy atom. The van der Waals surface area contributed by atoms with Crippen molar-refractivity contribution in [3.05, 3.63) is 28.8 Å². The van der Waals surface area contributed by atoms with Gasteiger partial charge in [-0.2, -0.15) is 0 Å². The van der Waals surface area contributed by atoms with Gasteiger partial charge in [-0.25, -0.2) is 0 Å². The molecule has 0 spiro atoms. The Hall–Kier alpha value is -1.30. The summed E-state index contributed by atoms with van der Waals surface area (Å²) in [6.45, 7) is 3.86. The molecule has 21 heavy (non-hydrogen) atoms. The number of nitrogens with zero attached hydrogens (tertiary/aromatic N) is 1. The van der Waals surface area contributed by atoms with Crippen molar-refractivity contribution in [1.82, 2.24) is 10.2 Å². The van der Waals surface area contributed by atoms with Crippen LogP contribution < -0.4 is 10.1 Å². The summed E-state index contributed by atoms with van der Waals surface area (Å²) in [5.74, 6) is 0.413. The fraction of sp³-hybridized carbons (Fsp3) is 0.533. The highest BCUT2D eigenvalue weighted by Crippen LogP contribution is 2.26. The van der Waals surface area contributed by atoms with Gasteiger partial charge in [-0.05, 0) is 24.6 Å². The standard InChI is InChI=1S/C15H23ClN2O3/c1-11(15(19)18(2)3)21-14-6-5-12(9-13(14)16)10-17-7-8-20-4/h5-6,9,11,17H,7-8,10H2,1-4H3. The van der Waals surface area contributed by atoms with Crippen LogP contribution in [0, 0.1) is 0 Å². The third-order valence-electron chi connectivity index (χ3n) is 2.90. The van der Waals surface area contributed by atoms with E-state index in [0.717, 1.165) is 12.1 Å². The van der Waals surface area contributed by atoms with Crippen molar-refractivity contribution in [2.45, 2.75) is 19.6 Å². The van der Waals surface area contributed by atoms with Gasteiger partial charge in [-0.1, -0.05) is 17.7 Å². The first-order valence-electron chi connectivity index (χ1n) is 6.81. The number of hydrogen-bond donors (Lipinski definition) is 1. The van der Waals surface area contributed by atoms with Crippen LogP contribution in [0.2, 0.25) is 5.02 Å². The Kier molecular flexibility index (Phi) is 7.50. The van der Waals surface area contributed by atoms with Gasteiger partial charge in [0.1, 0.15) is 5.75 Å². The van der Waals surface area contributed by atoms with Gasteiger partial charge in [0, 0.05) is 34.3 Å². The van der Waals surface area contributed by atoms with E-state index in [1.165, 1.54) is 4.90 Å². The largest absolute Gasteiger partial charge is 0.479 e. The smallest absolute Gasteiger partial charge is 0.262 e. The number of benzene rings is 1. The van der Waals surface area contributed by atoms with Gasteiger partial charge in [0.05, 0.1) is 11.6 Å². The minimum atomic E-state index is -0.567. The first kappa shape index (κ1) is 17.8. The third-order valence-corrected chi connectivity index (χ3v) is 3.20. The molecule has 1 rings (SSSR count). The van der Waals surface area contributed by atoms with Crippen LogP contribution in [0.4, 0.5) is 0 Å². The number of carbonyl (C=O) groups is 1. The van der Waals surface area contributed by atoms with Gasteiger partial charge in [0.15, 0.2) is 6.10 Å². The molecule has 0 radical (unpaired) electrons. The minimum absolute atomic E-state index is 0.101. The molecule has 1 atom stereocenters. The van der Waals surface area contributed by atoms with Crippen LogP contribution >= 0.6 is 11.6 Å². The second-order valence-electron chi connectivity index (χ2n) is 4.93. The molecule has 1 aromatic rings. The highest BCUT2D eigenvalue weighted by Gasteiger charge is 2.17. The predicted octanol–water partition coefficient (Wildman–Crippen LogP) is 1.93. The molecule has 118 valence electrons. The Balaban J connectivity index is 2.59. The van der Waals surface area contributed by atoms with Crippen molar-refractivity contribution in [1.29, 1.82) is 0 Å². The Bertz CT molecular complexity index is 466. The summed E-state index contributed by atoms with van der Waals surface area (Å²) in [5.41, 5.74) is 1.05. The van der Waals surface area contributed by atoms with Crippen LogP contribution in [0.3, 0.4) is 0 Å². The highest BCUT2D eigenvalue weighted by molar-refractivity contribution is 6.32. The fourth-order valence-electron chi connectivity index (χ4n) is 1.76. The molecule has 0 saturated heterocycles. The predicted molar refractivity (Wildman–Crippen MR) is 83.8 cm³/mol. The van der Waals surface area contributed by atoms with E-state index < -0.39 is 6.10 Å². The lowest BCUT2D eigenvalue weighted by molar-refractivity contribution is -0.135. The molecule has 0 fully saturated rings. The molecule has 0 aliphatic carbocycles. The number of likely N-dealkylation sites (N-methyl/N-ethyl adjacent to an activating group) is 1. The fourth-order valence-corrected chi connectivity index (χ4v) is 2.01. The summed E-state index contributed by atoms with van der Waals surface area (Å²) in [4.78, 5) is 13.3. The average molecular weight is 315 g/mol. The summed E-state index contributed by atoms with van der Waals surface area (Å²) in [6, 6.07) is 5.55. The molecule has 0 bridgehead atoms. The van der Waals surface area contributed by atoms with Crippen LogP contribution in [-0.2, 0) is 16.1 Å². The first-order valence-corrected chi connectivity index (χ1v) is 7.19. The normalized spacial score (nSPS) is 12.0. The zero-order valence-corrected chi connectivity index (χ0v) is 13.7. The highest BCUT2D eigenvalue weighted by atomic mass is 35.5. The van der Waals surface area contributed by atoms with Gasteiger partial charge >= 0.3 is 0 Å². The number of nitrogens with one attached hydrogen (secondary N) is 1. The second-order valence-corrected chi connectivity index (χ2v) is 5.33. The molecule has 1 aromatic carbocycles. The van der Waals surface area contributed by atoms with Crippen molar-refractivity contribution >= 4 is 17.5 Å². The lowest BCUT2D eigenvalue weighted by Gasteiger charge is -2.19. The SMILES string of the molecule is COCCNCc1ccc(OC(C)C(=O)N(C)C)c(Cl)c1. The van der Waals surface area contributed by atoms with Gasteiger partial charge in [0.25, 0.3) is 5.91 Å². The number of halogens is 1. The molecular weight excluding hydrogens is 292 g/mol. The zero-order valence-electron chi connectivity index (χ0n) is 13.0. The summed E-state index contributed by atoms with van der Waals surface area (Å²) in [7, 11) is 5.05. The lowest BCUT2D eigenvalue weighted by atomic mass is 10.2. The summed E-state index contributed by atoms with van der Waals surface area (Å²) in [6.07, 6.45) is -0.567. The van der Waals surface area contributed by atoms with E-state index in [2.05, 4.69) is 5.32 Å². The molecule has 0 saturated carbocycles. The van der Waals surface area contributed by atoms with E-state index in [1.54, 1.807) is 34.2 Å². The Labute approximate surface area is 131 Å². The maximum Gasteiger partial charge on any atom is 0.262 e. The summed E-state index contributed by atoms with van der Waals surface area (Å²) < 4.78 is 10.6. The maximum atomic E-state index is 11.8. The lowest BCUT2D eigenvalue weighted by Crippen LogP contribution is -2.35. The van der Waals surface area contributed by atoms with E-state index >= 15 is 0 Å². The molecular formula is C15H23ClN2O3. The van der Waals surface area contributed by atoms with Gasteiger partial charge < -0.3 is 19.7 Å². The zero-order chi connectivity index (χ0) is 15.8. The van der Waals surface area contributed by atoms with Crippen molar-refractivity contribution in [2.75, 3.05) is 34.4 Å². The van der Waals surface area contributed by atoms with Crippen LogP contribution in [0.1, 0.15) is 12.5 Å². The quantitative estimate of drug-likeness (QED) is 0.745. The molecule has 1 amide bonds. The topological polar surface area (TPSA) is 50.8 Å². The molecule has 0 aliphatic rings. The van der Waals surface area contributed by atoms with E-state index in [-0.39, 0.29) is 5.91 Å². The first-order chi connectivity index (χ1) is 9.95. The minimum Gasteiger partial charge on any atom is -0.479 e. The maximum absolute atomic E-state index is 11.8. The number of rotatable bonds is 8. The Morgan fingerprint density at radius 1 is 1.43 bits per heavy atom. The number of hydrogen-bond acceptors (Lipinski definition) is 4. The molecule has 5 nitrogen and oxygen atoms in total. The van der Waals surface area contributed by atoms with Gasteiger partial charge in [-0.15, -0.1) is 0 Å². The molecule has 1 N–H and O–H groups in total. The molecule has 6 heteroatoms. The molecule has 0 aliphatic heterocycles. The van der Waals surface area contributed by atoms with Crippen molar-refractivity contribution in [3.8, 4) is 5.75 Å². The van der Waals surface area contributed by atoms with Crippen LogP contribution in [0.5, 0.6) is 5.75 Å². The second kappa shape index (κ2) is 8.87. The number of carbonyl (C=O) groups excluding carboxylic acids is 1. The van der Waals surface area contributed by atoms with E-state index in [9.17, 15) is 4.79 Å². The van der Waals surface area contributed by atoms with Crippen LogP contribution in [0.25, 0.3) is 0 Å². The van der Waals surface area contributed by atoms with Crippen LogP contribution in [0.15, 0.2) is 18.2 Å². The average Bonchev–Trinajstić information content (AvgIpc) is 2.45. The molecule has 1 unspecified atom stereocenters. The monoisotopic (exact) mass is 314 g/mol. The van der Waals surface area contributed by atoms with Crippen molar-refractivity contribution < 1.29 is 14.3 Å². The van der Waals surface area contributed by atoms with Gasteiger partial charge in [0.2, 0.25) is 0 Å². The van der Waals surface area contributed by atoms with E-state index in [1.807, 2.05) is 12.1 Å². The summed E-state index contributed by atoms with van der Waals surface area (Å²) in [5, 5.41) is 3.74. The number of methoxy groups -OCH3 is 1. The number of amides is 1.